The third kappa shape index (κ3) is 4.60. The normalized spacial score (nSPS) is 12.0. The minimum absolute atomic E-state index is 0.700. The zero-order valence-corrected chi connectivity index (χ0v) is 27.0. The molecule has 5 nitrogen and oxygen atoms in total. The minimum atomic E-state index is 0.700. The van der Waals surface area contributed by atoms with Gasteiger partial charge in [0.05, 0.1) is 33.8 Å². The standard InChI is InChI=1S/C45H29N5/c1-3-13-30(14-4-1)39-29-40(47-44(46-39)32-15-5-2-6-16-32)31-23-25-35(26-24-31)49-43-28-34-18-8-7-17-33(34)27-37(43)36-19-9-11-21-41(36)50-42-22-12-10-20-38(42)48-45(49)50/h1-29H. The van der Waals surface area contributed by atoms with Gasteiger partial charge in [0, 0.05) is 33.5 Å². The molecule has 0 spiro atoms. The fourth-order valence-electron chi connectivity index (χ4n) is 7.14. The molecule has 3 heterocycles. The summed E-state index contributed by atoms with van der Waals surface area (Å²) in [4.78, 5) is 17.7. The third-order valence-corrected chi connectivity index (χ3v) is 9.53. The van der Waals surface area contributed by atoms with E-state index in [9.17, 15) is 0 Å². The SMILES string of the molecule is c1ccc(-c2cc(-c3ccc(N4c5cc6ccccc6cc5-c5ccccc5-n5c4nc4ccccc45)cc3)nc(-c3ccccc3)n2)cc1. The summed E-state index contributed by atoms with van der Waals surface area (Å²) < 4.78 is 2.30. The molecule has 234 valence electrons. The molecule has 2 aromatic heterocycles. The summed E-state index contributed by atoms with van der Waals surface area (Å²) in [7, 11) is 0. The monoisotopic (exact) mass is 639 g/mol. The highest BCUT2D eigenvalue weighted by molar-refractivity contribution is 6.02. The number of benzene rings is 7. The molecule has 5 heteroatoms. The Hall–Kier alpha value is -6.85. The van der Waals surface area contributed by atoms with E-state index in [4.69, 9.17) is 15.0 Å². The van der Waals surface area contributed by atoms with Crippen molar-refractivity contribution in [3.63, 3.8) is 0 Å². The van der Waals surface area contributed by atoms with Crippen LogP contribution < -0.4 is 4.90 Å². The zero-order chi connectivity index (χ0) is 33.0. The first kappa shape index (κ1) is 28.2. The number of hydrogen-bond donors (Lipinski definition) is 0. The lowest BCUT2D eigenvalue weighted by Gasteiger charge is -2.25. The van der Waals surface area contributed by atoms with Gasteiger partial charge < -0.3 is 0 Å². The molecule has 50 heavy (non-hydrogen) atoms. The van der Waals surface area contributed by atoms with E-state index in [0.717, 1.165) is 67.7 Å². The first-order valence-electron chi connectivity index (χ1n) is 16.8. The second-order valence-electron chi connectivity index (χ2n) is 12.5. The quantitative estimate of drug-likeness (QED) is 0.192. The zero-order valence-electron chi connectivity index (χ0n) is 27.0. The van der Waals surface area contributed by atoms with Crippen LogP contribution >= 0.6 is 0 Å². The summed E-state index contributed by atoms with van der Waals surface area (Å²) in [6.45, 7) is 0. The Balaban J connectivity index is 1.18. The molecule has 9 aromatic rings. The van der Waals surface area contributed by atoms with Crippen LogP contribution in [0, 0.1) is 0 Å². The van der Waals surface area contributed by atoms with E-state index in [-0.39, 0.29) is 0 Å². The summed E-state index contributed by atoms with van der Waals surface area (Å²) >= 11 is 0. The molecular formula is C45H29N5. The molecule has 0 aliphatic carbocycles. The lowest BCUT2D eigenvalue weighted by atomic mass is 9.97. The van der Waals surface area contributed by atoms with Crippen molar-refractivity contribution in [1.29, 1.82) is 0 Å². The molecule has 1 aliphatic rings. The van der Waals surface area contributed by atoms with Crippen molar-refractivity contribution < 1.29 is 0 Å². The number of para-hydroxylation sites is 3. The molecule has 0 saturated heterocycles. The van der Waals surface area contributed by atoms with Crippen LogP contribution in [0.2, 0.25) is 0 Å². The van der Waals surface area contributed by atoms with Crippen molar-refractivity contribution >= 4 is 39.1 Å². The predicted octanol–water partition coefficient (Wildman–Crippen LogP) is 11.4. The molecule has 0 radical (unpaired) electrons. The van der Waals surface area contributed by atoms with Gasteiger partial charge in [0.15, 0.2) is 5.82 Å². The van der Waals surface area contributed by atoms with Gasteiger partial charge in [0.2, 0.25) is 5.95 Å². The van der Waals surface area contributed by atoms with Gasteiger partial charge in [-0.15, -0.1) is 0 Å². The smallest absolute Gasteiger partial charge is 0.220 e. The molecule has 10 rings (SSSR count). The van der Waals surface area contributed by atoms with Gasteiger partial charge in [-0.2, -0.15) is 0 Å². The van der Waals surface area contributed by atoms with Crippen LogP contribution in [0.3, 0.4) is 0 Å². The van der Waals surface area contributed by atoms with Gasteiger partial charge in [-0.25, -0.2) is 15.0 Å². The van der Waals surface area contributed by atoms with Gasteiger partial charge in [0.25, 0.3) is 0 Å². The van der Waals surface area contributed by atoms with E-state index in [1.807, 2.05) is 36.4 Å². The van der Waals surface area contributed by atoms with Crippen molar-refractivity contribution in [1.82, 2.24) is 19.5 Å². The average Bonchev–Trinajstić information content (AvgIpc) is 3.52. The highest BCUT2D eigenvalue weighted by atomic mass is 15.3. The van der Waals surface area contributed by atoms with E-state index >= 15 is 0 Å². The number of rotatable bonds is 4. The fourth-order valence-corrected chi connectivity index (χ4v) is 7.14. The largest absolute Gasteiger partial charge is 0.280 e. The van der Waals surface area contributed by atoms with E-state index in [1.54, 1.807) is 0 Å². The first-order chi connectivity index (χ1) is 24.8. The summed E-state index contributed by atoms with van der Waals surface area (Å²) in [5.74, 6) is 1.55. The Morgan fingerprint density at radius 2 is 1.00 bits per heavy atom. The maximum absolute atomic E-state index is 5.29. The third-order valence-electron chi connectivity index (χ3n) is 9.53. The van der Waals surface area contributed by atoms with Crippen molar-refractivity contribution in [3.05, 3.63) is 176 Å². The van der Waals surface area contributed by atoms with E-state index < -0.39 is 0 Å². The molecule has 0 fully saturated rings. The van der Waals surface area contributed by atoms with Crippen LogP contribution in [-0.4, -0.2) is 19.5 Å². The highest BCUT2D eigenvalue weighted by Crippen LogP contribution is 2.49. The Kier molecular flexibility index (Phi) is 6.42. The second-order valence-corrected chi connectivity index (χ2v) is 12.5. The van der Waals surface area contributed by atoms with Gasteiger partial charge in [-0.1, -0.05) is 127 Å². The Labute approximate surface area is 289 Å². The Morgan fingerprint density at radius 3 is 1.76 bits per heavy atom. The van der Waals surface area contributed by atoms with Crippen molar-refractivity contribution in [3.8, 4) is 50.7 Å². The summed E-state index contributed by atoms with van der Waals surface area (Å²) in [6.07, 6.45) is 0. The number of fused-ring (bicyclic) bond motifs is 8. The molecule has 7 aromatic carbocycles. The maximum atomic E-state index is 5.29. The summed E-state index contributed by atoms with van der Waals surface area (Å²) in [5.41, 5.74) is 12.3. The highest BCUT2D eigenvalue weighted by Gasteiger charge is 2.29. The van der Waals surface area contributed by atoms with E-state index in [2.05, 4.69) is 149 Å². The lowest BCUT2D eigenvalue weighted by molar-refractivity contribution is 1.05. The maximum Gasteiger partial charge on any atom is 0.220 e. The van der Waals surface area contributed by atoms with Crippen LogP contribution in [0.15, 0.2) is 176 Å². The topological polar surface area (TPSA) is 46.8 Å². The van der Waals surface area contributed by atoms with Crippen LogP contribution in [0.25, 0.3) is 72.5 Å². The minimum Gasteiger partial charge on any atom is -0.280 e. The number of aromatic nitrogens is 4. The first-order valence-corrected chi connectivity index (χ1v) is 16.8. The molecule has 0 N–H and O–H groups in total. The second kappa shape index (κ2) is 11.4. The van der Waals surface area contributed by atoms with Crippen molar-refractivity contribution in [2.24, 2.45) is 0 Å². The summed E-state index contributed by atoms with van der Waals surface area (Å²) in [5, 5.41) is 2.38. The van der Waals surface area contributed by atoms with Crippen molar-refractivity contribution in [2.75, 3.05) is 4.90 Å². The van der Waals surface area contributed by atoms with Gasteiger partial charge in [-0.3, -0.25) is 9.47 Å². The average molecular weight is 640 g/mol. The van der Waals surface area contributed by atoms with E-state index in [1.165, 1.54) is 16.3 Å². The van der Waals surface area contributed by atoms with Crippen LogP contribution in [0.1, 0.15) is 0 Å². The molecule has 0 unspecified atom stereocenters. The van der Waals surface area contributed by atoms with Crippen LogP contribution in [-0.2, 0) is 0 Å². The van der Waals surface area contributed by atoms with Gasteiger partial charge in [0.1, 0.15) is 0 Å². The molecule has 0 bridgehead atoms. The van der Waals surface area contributed by atoms with Crippen LogP contribution in [0.4, 0.5) is 17.3 Å². The lowest BCUT2D eigenvalue weighted by Crippen LogP contribution is -2.14. The van der Waals surface area contributed by atoms with Crippen LogP contribution in [0.5, 0.6) is 0 Å². The fraction of sp³-hybridized carbons (Fsp3) is 0. The molecule has 0 atom stereocenters. The Bertz CT molecular complexity index is 2640. The van der Waals surface area contributed by atoms with Gasteiger partial charge in [-0.05, 0) is 59.3 Å². The van der Waals surface area contributed by atoms with Crippen molar-refractivity contribution in [2.45, 2.75) is 0 Å². The number of nitrogens with zero attached hydrogens (tertiary/aromatic N) is 5. The van der Waals surface area contributed by atoms with Gasteiger partial charge >= 0.3 is 0 Å². The molecule has 0 amide bonds. The number of imidazole rings is 1. The molecule has 1 aliphatic heterocycles. The number of anilines is 3. The predicted molar refractivity (Wildman–Crippen MR) is 204 cm³/mol. The molecule has 0 saturated carbocycles. The Morgan fingerprint density at radius 1 is 0.400 bits per heavy atom. The number of hydrogen-bond acceptors (Lipinski definition) is 4. The summed E-state index contributed by atoms with van der Waals surface area (Å²) in [6, 6.07) is 61.4. The molecular weight excluding hydrogens is 611 g/mol. The van der Waals surface area contributed by atoms with E-state index in [0.29, 0.717) is 5.82 Å².